The summed E-state index contributed by atoms with van der Waals surface area (Å²) < 4.78 is 4.85. The molecule has 0 heterocycles. The van der Waals surface area contributed by atoms with Crippen LogP contribution in [-0.4, -0.2) is 38.1 Å². The highest BCUT2D eigenvalue weighted by molar-refractivity contribution is 5.77. The first kappa shape index (κ1) is 13.5. The van der Waals surface area contributed by atoms with E-state index in [2.05, 4.69) is 6.58 Å². The lowest BCUT2D eigenvalue weighted by Gasteiger charge is -2.28. The van der Waals surface area contributed by atoms with Crippen molar-refractivity contribution in [2.45, 2.75) is 12.0 Å². The highest BCUT2D eigenvalue weighted by Crippen LogP contribution is 2.24. The lowest BCUT2D eigenvalue weighted by atomic mass is 9.91. The number of methoxy groups -OCH3 is 1. The minimum absolute atomic E-state index is 0.0707. The van der Waals surface area contributed by atoms with Gasteiger partial charge in [-0.1, -0.05) is 36.4 Å². The second-order valence-corrected chi connectivity index (χ2v) is 4.10. The largest absolute Gasteiger partial charge is 0.468 e. The predicted octanol–water partition coefficient (Wildman–Crippen LogP) is 2.06. The fourth-order valence-corrected chi connectivity index (χ4v) is 1.92. The Bertz CT molecular complexity index is 373. The van der Waals surface area contributed by atoms with Crippen LogP contribution in [0.3, 0.4) is 0 Å². The monoisotopic (exact) mass is 233 g/mol. The second kappa shape index (κ2) is 6.21. The molecule has 0 aromatic heterocycles. The number of ether oxygens (including phenoxy) is 1. The lowest BCUT2D eigenvalue weighted by molar-refractivity contribution is -0.146. The van der Waals surface area contributed by atoms with Gasteiger partial charge in [-0.05, 0) is 19.7 Å². The van der Waals surface area contributed by atoms with Gasteiger partial charge in [0.2, 0.25) is 0 Å². The molecule has 3 heteroatoms. The van der Waals surface area contributed by atoms with Gasteiger partial charge >= 0.3 is 5.97 Å². The number of hydrogen-bond donors (Lipinski definition) is 0. The quantitative estimate of drug-likeness (QED) is 0.576. The van der Waals surface area contributed by atoms with Crippen LogP contribution in [0, 0.1) is 0 Å². The summed E-state index contributed by atoms with van der Waals surface area (Å²) in [6, 6.07) is 9.50. The SMILES string of the molecule is C=CC(c1ccccc1)C(C(=O)OC)N(C)C. The Hall–Kier alpha value is -1.61. The van der Waals surface area contributed by atoms with Crippen molar-refractivity contribution in [2.75, 3.05) is 21.2 Å². The Balaban J connectivity index is 3.06. The fourth-order valence-electron chi connectivity index (χ4n) is 1.92. The zero-order valence-corrected chi connectivity index (χ0v) is 10.6. The average Bonchev–Trinajstić information content (AvgIpc) is 2.35. The van der Waals surface area contributed by atoms with Crippen molar-refractivity contribution in [3.8, 4) is 0 Å². The molecule has 0 radical (unpaired) electrons. The van der Waals surface area contributed by atoms with Gasteiger partial charge in [0.25, 0.3) is 0 Å². The summed E-state index contributed by atoms with van der Waals surface area (Å²) in [5.41, 5.74) is 1.06. The summed E-state index contributed by atoms with van der Waals surface area (Å²) in [6.07, 6.45) is 1.79. The van der Waals surface area contributed by atoms with Crippen molar-refractivity contribution in [2.24, 2.45) is 0 Å². The van der Waals surface area contributed by atoms with E-state index in [-0.39, 0.29) is 17.9 Å². The zero-order chi connectivity index (χ0) is 12.8. The van der Waals surface area contributed by atoms with Gasteiger partial charge in [0.05, 0.1) is 7.11 Å². The molecule has 1 aromatic carbocycles. The number of benzene rings is 1. The number of hydrogen-bond acceptors (Lipinski definition) is 3. The van der Waals surface area contributed by atoms with Crippen LogP contribution in [0.1, 0.15) is 11.5 Å². The molecule has 0 aliphatic rings. The van der Waals surface area contributed by atoms with Crippen LogP contribution < -0.4 is 0 Å². The molecule has 0 aliphatic carbocycles. The van der Waals surface area contributed by atoms with E-state index in [1.807, 2.05) is 49.3 Å². The summed E-state index contributed by atoms with van der Waals surface area (Å²) in [6.45, 7) is 3.82. The van der Waals surface area contributed by atoms with Crippen molar-refractivity contribution in [3.63, 3.8) is 0 Å². The average molecular weight is 233 g/mol. The molecule has 2 unspecified atom stereocenters. The summed E-state index contributed by atoms with van der Waals surface area (Å²) in [4.78, 5) is 13.7. The minimum atomic E-state index is -0.347. The van der Waals surface area contributed by atoms with Crippen LogP contribution in [0.15, 0.2) is 43.0 Å². The van der Waals surface area contributed by atoms with Crippen LogP contribution in [0.2, 0.25) is 0 Å². The highest BCUT2D eigenvalue weighted by Gasteiger charge is 2.30. The molecule has 0 N–H and O–H groups in total. The standard InChI is InChI=1S/C14H19NO2/c1-5-12(11-9-7-6-8-10-11)13(15(2)3)14(16)17-4/h5-10,12-13H,1H2,2-4H3. The molecule has 2 atom stereocenters. The molecule has 92 valence electrons. The molecule has 3 nitrogen and oxygen atoms in total. The Morgan fingerprint density at radius 1 is 1.35 bits per heavy atom. The van der Waals surface area contributed by atoms with Gasteiger partial charge in [-0.15, -0.1) is 6.58 Å². The molecule has 0 saturated heterocycles. The smallest absolute Gasteiger partial charge is 0.324 e. The number of esters is 1. The third-order valence-corrected chi connectivity index (χ3v) is 2.78. The Morgan fingerprint density at radius 2 is 1.94 bits per heavy atom. The summed E-state index contributed by atoms with van der Waals surface area (Å²) in [5.74, 6) is -0.317. The van der Waals surface area contributed by atoms with Crippen LogP contribution >= 0.6 is 0 Å². The molecular weight excluding hydrogens is 214 g/mol. The van der Waals surface area contributed by atoms with Gasteiger partial charge in [0, 0.05) is 5.92 Å². The first-order valence-electron chi connectivity index (χ1n) is 5.53. The lowest BCUT2D eigenvalue weighted by Crippen LogP contribution is -2.41. The van der Waals surface area contributed by atoms with E-state index in [1.165, 1.54) is 7.11 Å². The topological polar surface area (TPSA) is 29.5 Å². The molecule has 1 rings (SSSR count). The van der Waals surface area contributed by atoms with Crippen molar-refractivity contribution >= 4 is 5.97 Å². The third kappa shape index (κ3) is 3.17. The maximum absolute atomic E-state index is 11.8. The van der Waals surface area contributed by atoms with E-state index in [1.54, 1.807) is 6.08 Å². The molecule has 0 aliphatic heterocycles. The predicted molar refractivity (Wildman–Crippen MR) is 68.9 cm³/mol. The first-order valence-corrected chi connectivity index (χ1v) is 5.53. The van der Waals surface area contributed by atoms with Crippen molar-refractivity contribution in [3.05, 3.63) is 48.6 Å². The zero-order valence-electron chi connectivity index (χ0n) is 10.6. The maximum Gasteiger partial charge on any atom is 0.324 e. The molecule has 0 spiro atoms. The normalized spacial score (nSPS) is 14.1. The molecule has 17 heavy (non-hydrogen) atoms. The number of likely N-dealkylation sites (N-methyl/N-ethyl adjacent to an activating group) is 1. The van der Waals surface area contributed by atoms with Crippen LogP contribution in [0.5, 0.6) is 0 Å². The minimum Gasteiger partial charge on any atom is -0.468 e. The molecule has 0 saturated carbocycles. The van der Waals surface area contributed by atoms with Crippen molar-refractivity contribution in [1.29, 1.82) is 0 Å². The summed E-state index contributed by atoms with van der Waals surface area (Å²) in [5, 5.41) is 0. The molecule has 0 bridgehead atoms. The first-order chi connectivity index (χ1) is 8.11. The van der Waals surface area contributed by atoms with Gasteiger partial charge < -0.3 is 4.74 Å². The van der Waals surface area contributed by atoms with Gasteiger partial charge in [-0.2, -0.15) is 0 Å². The van der Waals surface area contributed by atoms with Crippen molar-refractivity contribution < 1.29 is 9.53 Å². The number of carbonyl (C=O) groups is 1. The Morgan fingerprint density at radius 3 is 2.35 bits per heavy atom. The Kier molecular flexibility index (Phi) is 4.91. The van der Waals surface area contributed by atoms with E-state index in [4.69, 9.17) is 4.74 Å². The van der Waals surface area contributed by atoms with E-state index >= 15 is 0 Å². The van der Waals surface area contributed by atoms with Crippen LogP contribution in [0.25, 0.3) is 0 Å². The third-order valence-electron chi connectivity index (χ3n) is 2.78. The van der Waals surface area contributed by atoms with Gasteiger partial charge in [0.15, 0.2) is 0 Å². The fraction of sp³-hybridized carbons (Fsp3) is 0.357. The van der Waals surface area contributed by atoms with Crippen LogP contribution in [0.4, 0.5) is 0 Å². The highest BCUT2D eigenvalue weighted by atomic mass is 16.5. The van der Waals surface area contributed by atoms with E-state index < -0.39 is 0 Å². The van der Waals surface area contributed by atoms with E-state index in [0.717, 1.165) is 5.56 Å². The van der Waals surface area contributed by atoms with Gasteiger partial charge in [-0.3, -0.25) is 9.69 Å². The molecule has 1 aromatic rings. The Labute approximate surface area is 103 Å². The maximum atomic E-state index is 11.8. The van der Waals surface area contributed by atoms with E-state index in [0.29, 0.717) is 0 Å². The number of rotatable bonds is 5. The number of nitrogens with zero attached hydrogens (tertiary/aromatic N) is 1. The van der Waals surface area contributed by atoms with Gasteiger partial charge in [0.1, 0.15) is 6.04 Å². The summed E-state index contributed by atoms with van der Waals surface area (Å²) in [7, 11) is 5.13. The van der Waals surface area contributed by atoms with Gasteiger partial charge in [-0.25, -0.2) is 0 Å². The molecule has 0 amide bonds. The molecule has 0 fully saturated rings. The van der Waals surface area contributed by atoms with Crippen molar-refractivity contribution in [1.82, 2.24) is 4.90 Å². The summed E-state index contributed by atoms with van der Waals surface area (Å²) >= 11 is 0. The van der Waals surface area contributed by atoms with Crippen LogP contribution in [-0.2, 0) is 9.53 Å². The van der Waals surface area contributed by atoms with E-state index in [9.17, 15) is 4.79 Å². The second-order valence-electron chi connectivity index (χ2n) is 4.10. The number of carbonyl (C=O) groups excluding carboxylic acids is 1. The molecular formula is C14H19NO2.